The molecule has 27 heavy (non-hydrogen) atoms. The van der Waals surface area contributed by atoms with Crippen molar-refractivity contribution < 1.29 is 14.3 Å². The molecule has 0 aliphatic carbocycles. The number of hydrogen-bond donors (Lipinski definition) is 1. The molecule has 0 fully saturated rings. The lowest BCUT2D eigenvalue weighted by Gasteiger charge is -2.10. The highest BCUT2D eigenvalue weighted by Gasteiger charge is 2.19. The third kappa shape index (κ3) is 4.67. The second-order valence-electron chi connectivity index (χ2n) is 6.35. The molecule has 0 spiro atoms. The Bertz CT molecular complexity index is 957. The highest BCUT2D eigenvalue weighted by atomic mass is 16.5. The smallest absolute Gasteiger partial charge is 0.306 e. The normalized spacial score (nSPS) is 11.8. The standard InChI is InChI=1S/C21H21N3O3/c1-14(10-19(25)27-2)20(26)16-8-9-18-17(11-16)13-23-21(24-18)22-12-15-6-4-3-5-7-15/h3-9,11,13-14H,10,12H2,1-2H3,(H,22,23,24). The van der Waals surface area contributed by atoms with E-state index in [0.29, 0.717) is 18.1 Å². The van der Waals surface area contributed by atoms with E-state index in [1.54, 1.807) is 31.3 Å². The Morgan fingerprint density at radius 1 is 1.15 bits per heavy atom. The highest BCUT2D eigenvalue weighted by molar-refractivity contribution is 6.01. The first kappa shape index (κ1) is 18.5. The van der Waals surface area contributed by atoms with Crippen molar-refractivity contribution in [2.24, 2.45) is 5.92 Å². The second-order valence-corrected chi connectivity index (χ2v) is 6.35. The lowest BCUT2D eigenvalue weighted by molar-refractivity contribution is -0.141. The van der Waals surface area contributed by atoms with Crippen molar-refractivity contribution in [3.8, 4) is 0 Å². The third-order valence-electron chi connectivity index (χ3n) is 4.31. The summed E-state index contributed by atoms with van der Waals surface area (Å²) in [6, 6.07) is 15.3. The summed E-state index contributed by atoms with van der Waals surface area (Å²) in [6.45, 7) is 2.35. The molecule has 0 aliphatic heterocycles. The molecule has 3 rings (SSSR count). The van der Waals surface area contributed by atoms with Crippen LogP contribution in [-0.2, 0) is 16.1 Å². The van der Waals surface area contributed by atoms with E-state index in [-0.39, 0.29) is 12.2 Å². The number of benzene rings is 2. The van der Waals surface area contributed by atoms with Crippen LogP contribution in [0.2, 0.25) is 0 Å². The number of fused-ring (bicyclic) bond motifs is 1. The molecule has 3 aromatic rings. The predicted molar refractivity (Wildman–Crippen MR) is 103 cm³/mol. The largest absolute Gasteiger partial charge is 0.469 e. The molecule has 1 atom stereocenters. The van der Waals surface area contributed by atoms with Crippen molar-refractivity contribution in [3.63, 3.8) is 0 Å². The molecule has 6 nitrogen and oxygen atoms in total. The molecule has 0 bridgehead atoms. The van der Waals surface area contributed by atoms with Gasteiger partial charge in [0.1, 0.15) is 0 Å². The van der Waals surface area contributed by atoms with Gasteiger partial charge in [-0.1, -0.05) is 37.3 Å². The molecular formula is C21H21N3O3. The van der Waals surface area contributed by atoms with Gasteiger partial charge < -0.3 is 10.1 Å². The fraction of sp³-hybridized carbons (Fsp3) is 0.238. The maximum absolute atomic E-state index is 12.5. The van der Waals surface area contributed by atoms with E-state index in [4.69, 9.17) is 0 Å². The number of ether oxygens (including phenoxy) is 1. The van der Waals surface area contributed by atoms with Crippen LogP contribution in [0, 0.1) is 5.92 Å². The van der Waals surface area contributed by atoms with E-state index in [2.05, 4.69) is 20.0 Å². The summed E-state index contributed by atoms with van der Waals surface area (Å²) in [5.74, 6) is -0.408. The van der Waals surface area contributed by atoms with Crippen LogP contribution >= 0.6 is 0 Å². The molecular weight excluding hydrogens is 342 g/mol. The number of aromatic nitrogens is 2. The fourth-order valence-electron chi connectivity index (χ4n) is 2.76. The summed E-state index contributed by atoms with van der Waals surface area (Å²) in [5, 5.41) is 3.97. The molecule has 1 N–H and O–H groups in total. The van der Waals surface area contributed by atoms with Crippen molar-refractivity contribution in [3.05, 3.63) is 65.9 Å². The van der Waals surface area contributed by atoms with E-state index in [9.17, 15) is 9.59 Å². The number of hydrogen-bond acceptors (Lipinski definition) is 6. The first-order chi connectivity index (χ1) is 13.1. The van der Waals surface area contributed by atoms with Crippen LogP contribution < -0.4 is 5.32 Å². The molecule has 0 amide bonds. The van der Waals surface area contributed by atoms with Crippen LogP contribution in [0.15, 0.2) is 54.7 Å². The minimum Gasteiger partial charge on any atom is -0.469 e. The van der Waals surface area contributed by atoms with Crippen molar-refractivity contribution in [2.75, 3.05) is 12.4 Å². The van der Waals surface area contributed by atoms with Gasteiger partial charge in [-0.05, 0) is 23.8 Å². The van der Waals surface area contributed by atoms with E-state index in [1.165, 1.54) is 7.11 Å². The summed E-state index contributed by atoms with van der Waals surface area (Å²) < 4.78 is 4.63. The minimum absolute atomic E-state index is 0.0617. The van der Waals surface area contributed by atoms with Crippen LogP contribution in [-0.4, -0.2) is 28.8 Å². The average Bonchev–Trinajstić information content (AvgIpc) is 2.71. The number of methoxy groups -OCH3 is 1. The van der Waals surface area contributed by atoms with Crippen molar-refractivity contribution in [1.29, 1.82) is 0 Å². The molecule has 2 aromatic carbocycles. The van der Waals surface area contributed by atoms with Gasteiger partial charge in [-0.2, -0.15) is 0 Å². The molecule has 1 heterocycles. The van der Waals surface area contributed by atoms with Gasteiger partial charge >= 0.3 is 5.97 Å². The van der Waals surface area contributed by atoms with E-state index < -0.39 is 11.9 Å². The van der Waals surface area contributed by atoms with Gasteiger partial charge in [0, 0.05) is 29.6 Å². The number of carbonyl (C=O) groups excluding carboxylic acids is 2. The number of nitrogens with one attached hydrogen (secondary N) is 1. The van der Waals surface area contributed by atoms with Gasteiger partial charge in [-0.25, -0.2) is 9.97 Å². The first-order valence-corrected chi connectivity index (χ1v) is 8.72. The molecule has 1 unspecified atom stereocenters. The molecule has 138 valence electrons. The van der Waals surface area contributed by atoms with Gasteiger partial charge in [0.2, 0.25) is 5.95 Å². The lowest BCUT2D eigenvalue weighted by atomic mass is 9.96. The van der Waals surface area contributed by atoms with E-state index >= 15 is 0 Å². The average molecular weight is 363 g/mol. The topological polar surface area (TPSA) is 81.2 Å². The molecule has 0 radical (unpaired) electrons. The number of nitrogens with zero attached hydrogens (tertiary/aromatic N) is 2. The Kier molecular flexibility index (Phi) is 5.76. The fourth-order valence-corrected chi connectivity index (χ4v) is 2.76. The first-order valence-electron chi connectivity index (χ1n) is 8.72. The Hall–Kier alpha value is -3.28. The predicted octanol–water partition coefficient (Wildman–Crippen LogP) is 3.62. The Morgan fingerprint density at radius 3 is 2.67 bits per heavy atom. The number of esters is 1. The summed E-state index contributed by atoms with van der Waals surface area (Å²) >= 11 is 0. The molecule has 6 heteroatoms. The van der Waals surface area contributed by atoms with Crippen LogP contribution in [0.4, 0.5) is 5.95 Å². The van der Waals surface area contributed by atoms with E-state index in [0.717, 1.165) is 16.5 Å². The molecule has 1 aromatic heterocycles. The maximum Gasteiger partial charge on any atom is 0.306 e. The zero-order valence-electron chi connectivity index (χ0n) is 15.3. The third-order valence-corrected chi connectivity index (χ3v) is 4.31. The van der Waals surface area contributed by atoms with Gasteiger partial charge in [0.25, 0.3) is 0 Å². The number of Topliss-reactive ketones (excluding diaryl/α,β-unsaturated/α-hetero) is 1. The summed E-state index contributed by atoms with van der Waals surface area (Å²) in [5.41, 5.74) is 2.42. The van der Waals surface area contributed by atoms with Crippen molar-refractivity contribution in [1.82, 2.24) is 9.97 Å². The molecule has 0 saturated carbocycles. The van der Waals surface area contributed by atoms with Crippen molar-refractivity contribution in [2.45, 2.75) is 19.9 Å². The summed E-state index contributed by atoms with van der Waals surface area (Å²) in [7, 11) is 1.32. The zero-order chi connectivity index (χ0) is 19.2. The summed E-state index contributed by atoms with van der Waals surface area (Å²) in [4.78, 5) is 32.7. The SMILES string of the molecule is COC(=O)CC(C)C(=O)c1ccc2nc(NCc3ccccc3)ncc2c1. The Labute approximate surface area is 157 Å². The van der Waals surface area contributed by atoms with Crippen LogP contribution in [0.3, 0.4) is 0 Å². The van der Waals surface area contributed by atoms with Crippen LogP contribution in [0.1, 0.15) is 29.3 Å². The Balaban J connectivity index is 1.73. The second kappa shape index (κ2) is 8.40. The number of ketones is 1. The van der Waals surface area contributed by atoms with E-state index in [1.807, 2.05) is 30.3 Å². The number of anilines is 1. The van der Waals surface area contributed by atoms with Gasteiger partial charge in [-0.15, -0.1) is 0 Å². The quantitative estimate of drug-likeness (QED) is 0.510. The highest BCUT2D eigenvalue weighted by Crippen LogP contribution is 2.19. The van der Waals surface area contributed by atoms with Gasteiger partial charge in [0.15, 0.2) is 5.78 Å². The van der Waals surface area contributed by atoms with Gasteiger partial charge in [0.05, 0.1) is 19.0 Å². The monoisotopic (exact) mass is 363 g/mol. The summed E-state index contributed by atoms with van der Waals surface area (Å²) in [6.07, 6.45) is 1.75. The number of carbonyl (C=O) groups is 2. The molecule has 0 aliphatic rings. The maximum atomic E-state index is 12.5. The Morgan fingerprint density at radius 2 is 1.93 bits per heavy atom. The van der Waals surface area contributed by atoms with Gasteiger partial charge in [-0.3, -0.25) is 9.59 Å². The lowest BCUT2D eigenvalue weighted by Crippen LogP contribution is -2.16. The number of rotatable bonds is 7. The minimum atomic E-state index is -0.442. The van der Waals surface area contributed by atoms with Crippen molar-refractivity contribution >= 4 is 28.6 Å². The van der Waals surface area contributed by atoms with Crippen LogP contribution in [0.25, 0.3) is 10.9 Å². The zero-order valence-corrected chi connectivity index (χ0v) is 15.3. The van der Waals surface area contributed by atoms with Crippen LogP contribution in [0.5, 0.6) is 0 Å². The molecule has 0 saturated heterocycles.